The zero-order chi connectivity index (χ0) is 23.2. The van der Waals surface area contributed by atoms with E-state index in [1.807, 2.05) is 6.92 Å². The van der Waals surface area contributed by atoms with E-state index in [0.717, 1.165) is 12.8 Å². The van der Waals surface area contributed by atoms with Crippen LogP contribution in [0.4, 0.5) is 20.6 Å². The number of rotatable bonds is 5. The van der Waals surface area contributed by atoms with Crippen LogP contribution in [0.5, 0.6) is 5.75 Å². The highest BCUT2D eigenvalue weighted by atomic mass is 35.5. The number of piperazine rings is 1. The van der Waals surface area contributed by atoms with Crippen molar-refractivity contribution >= 4 is 35.0 Å². The fourth-order valence-corrected chi connectivity index (χ4v) is 4.51. The van der Waals surface area contributed by atoms with Crippen molar-refractivity contribution in [3.8, 4) is 5.75 Å². The van der Waals surface area contributed by atoms with Crippen LogP contribution in [0.3, 0.4) is 0 Å². The number of alkyl halides is 1. The number of carbonyl (C=O) groups excluding carboxylic acids is 1. The monoisotopic (exact) mass is 469 g/mol. The summed E-state index contributed by atoms with van der Waals surface area (Å²) in [7, 11) is 1.42. The Kier molecular flexibility index (Phi) is 6.09. The van der Waals surface area contributed by atoms with Crippen molar-refractivity contribution < 1.29 is 33.7 Å². The number of hydrogen-bond donors (Lipinski definition) is 2. The van der Waals surface area contributed by atoms with Gasteiger partial charge in [0, 0.05) is 43.5 Å². The normalized spacial score (nSPS) is 22.9. The summed E-state index contributed by atoms with van der Waals surface area (Å²) in [6.07, 6.45) is 1.12. The van der Waals surface area contributed by atoms with E-state index >= 15 is 4.39 Å². The van der Waals surface area contributed by atoms with Crippen LogP contribution in [0.15, 0.2) is 17.8 Å². The summed E-state index contributed by atoms with van der Waals surface area (Å²) in [5.74, 6) is -1.66. The standard InChI is InChI=1S/C21H25ClFN3O6/c1-11-8-24(5-6-25(11)21(30)32-10-22)17-15(23)7-13-16(19(17)31-2)26(12-3-4-12)9-14(18(13)27)20(28)29/h7,9,11-12,18,27H,3-6,8,10H2,1-2H3,(H,28,29). The molecule has 11 heteroatoms. The Morgan fingerprint density at radius 2 is 2.00 bits per heavy atom. The third-order valence-corrected chi connectivity index (χ3v) is 6.19. The van der Waals surface area contributed by atoms with E-state index in [2.05, 4.69) is 0 Å². The Morgan fingerprint density at radius 3 is 2.56 bits per heavy atom. The molecule has 1 saturated heterocycles. The lowest BCUT2D eigenvalue weighted by molar-refractivity contribution is -0.133. The van der Waals surface area contributed by atoms with Gasteiger partial charge in [-0.3, -0.25) is 0 Å². The van der Waals surface area contributed by atoms with E-state index in [1.165, 1.54) is 24.3 Å². The van der Waals surface area contributed by atoms with Gasteiger partial charge in [0.2, 0.25) is 0 Å². The predicted molar refractivity (Wildman–Crippen MR) is 115 cm³/mol. The van der Waals surface area contributed by atoms with Gasteiger partial charge in [0.1, 0.15) is 11.8 Å². The maximum Gasteiger partial charge on any atom is 0.411 e. The second-order valence-corrected chi connectivity index (χ2v) is 8.33. The Hall–Kier alpha value is -2.72. The van der Waals surface area contributed by atoms with Crippen LogP contribution < -0.4 is 14.5 Å². The van der Waals surface area contributed by atoms with Gasteiger partial charge in [0.05, 0.1) is 18.4 Å². The minimum absolute atomic E-state index is 0.0592. The number of aliphatic hydroxyl groups is 1. The number of aliphatic hydroxyl groups excluding tert-OH is 1. The number of carboxylic acid groups (broad SMARTS) is 1. The average Bonchev–Trinajstić information content (AvgIpc) is 3.58. The minimum atomic E-state index is -1.48. The van der Waals surface area contributed by atoms with E-state index < -0.39 is 24.0 Å². The average molecular weight is 470 g/mol. The summed E-state index contributed by atoms with van der Waals surface area (Å²) in [6, 6.07) is 0.721. The number of hydrogen-bond acceptors (Lipinski definition) is 7. The molecule has 3 aliphatic rings. The summed E-state index contributed by atoms with van der Waals surface area (Å²) in [5.41, 5.74) is 0.639. The molecule has 2 heterocycles. The molecule has 2 atom stereocenters. The molecule has 1 aromatic carbocycles. The number of carbonyl (C=O) groups is 2. The molecular weight excluding hydrogens is 445 g/mol. The lowest BCUT2D eigenvalue weighted by atomic mass is 9.94. The number of nitrogens with zero attached hydrogens (tertiary/aromatic N) is 3. The lowest BCUT2D eigenvalue weighted by Gasteiger charge is -2.41. The predicted octanol–water partition coefficient (Wildman–Crippen LogP) is 2.66. The van der Waals surface area contributed by atoms with Crippen LogP contribution in [0.2, 0.25) is 0 Å². The third kappa shape index (κ3) is 3.81. The van der Waals surface area contributed by atoms with Crippen LogP contribution >= 0.6 is 11.6 Å². The van der Waals surface area contributed by atoms with E-state index in [-0.39, 0.29) is 40.7 Å². The quantitative estimate of drug-likeness (QED) is 0.634. The van der Waals surface area contributed by atoms with Gasteiger partial charge in [-0.15, -0.1) is 0 Å². The van der Waals surface area contributed by atoms with Crippen LogP contribution in [0.25, 0.3) is 0 Å². The molecule has 0 bridgehead atoms. The Balaban J connectivity index is 1.73. The molecule has 2 fully saturated rings. The molecule has 0 spiro atoms. The van der Waals surface area contributed by atoms with E-state index in [9.17, 15) is 19.8 Å². The van der Waals surface area contributed by atoms with Gasteiger partial charge in [0.15, 0.2) is 17.6 Å². The summed E-state index contributed by atoms with van der Waals surface area (Å²) < 4.78 is 25.9. The molecule has 2 unspecified atom stereocenters. The maximum absolute atomic E-state index is 15.4. The number of anilines is 2. The maximum atomic E-state index is 15.4. The molecule has 4 rings (SSSR count). The molecule has 0 aromatic heterocycles. The van der Waals surface area contributed by atoms with Gasteiger partial charge in [-0.05, 0) is 25.8 Å². The number of amides is 1. The largest absolute Gasteiger partial charge is 0.492 e. The summed E-state index contributed by atoms with van der Waals surface area (Å²) in [5, 5.41) is 20.2. The number of benzene rings is 1. The molecule has 0 radical (unpaired) electrons. The zero-order valence-electron chi connectivity index (χ0n) is 17.8. The van der Waals surface area contributed by atoms with Crippen LogP contribution in [-0.4, -0.2) is 72.1 Å². The van der Waals surface area contributed by atoms with Crippen molar-refractivity contribution in [2.45, 2.75) is 38.0 Å². The molecule has 1 aromatic rings. The molecule has 174 valence electrons. The van der Waals surface area contributed by atoms with E-state index in [1.54, 1.807) is 9.80 Å². The summed E-state index contributed by atoms with van der Waals surface area (Å²) in [4.78, 5) is 28.8. The number of aliphatic carboxylic acids is 1. The first-order chi connectivity index (χ1) is 15.3. The first-order valence-electron chi connectivity index (χ1n) is 10.3. The molecule has 2 N–H and O–H groups in total. The smallest absolute Gasteiger partial charge is 0.411 e. The Morgan fingerprint density at radius 1 is 1.28 bits per heavy atom. The van der Waals surface area contributed by atoms with Gasteiger partial charge in [-0.25, -0.2) is 14.0 Å². The van der Waals surface area contributed by atoms with Crippen LogP contribution in [0, 0.1) is 5.82 Å². The first kappa shape index (κ1) is 22.5. The SMILES string of the molecule is COc1c(N2CCN(C(=O)OCCl)C(C)C2)c(F)cc2c1N(C1CC1)C=C(C(=O)O)C2O. The van der Waals surface area contributed by atoms with E-state index in [0.29, 0.717) is 25.3 Å². The van der Waals surface area contributed by atoms with Gasteiger partial charge in [0.25, 0.3) is 0 Å². The molecular formula is C21H25ClFN3O6. The first-order valence-corrected chi connectivity index (χ1v) is 10.9. The fourth-order valence-electron chi connectivity index (χ4n) is 4.41. The highest BCUT2D eigenvalue weighted by Gasteiger charge is 2.41. The van der Waals surface area contributed by atoms with Crippen molar-refractivity contribution in [3.05, 3.63) is 29.2 Å². The van der Waals surface area contributed by atoms with Crippen molar-refractivity contribution in [1.29, 1.82) is 0 Å². The highest BCUT2D eigenvalue weighted by Crippen LogP contribution is 2.51. The third-order valence-electron chi connectivity index (χ3n) is 6.09. The number of halogens is 2. The second kappa shape index (κ2) is 8.67. The number of methoxy groups -OCH3 is 1. The molecule has 1 aliphatic carbocycles. The molecule has 1 amide bonds. The highest BCUT2D eigenvalue weighted by molar-refractivity contribution is 6.17. The van der Waals surface area contributed by atoms with Crippen LogP contribution in [0.1, 0.15) is 31.4 Å². The van der Waals surface area contributed by atoms with Gasteiger partial charge >= 0.3 is 12.1 Å². The summed E-state index contributed by atoms with van der Waals surface area (Å²) >= 11 is 5.49. The molecule has 9 nitrogen and oxygen atoms in total. The molecule has 1 saturated carbocycles. The van der Waals surface area contributed by atoms with E-state index in [4.69, 9.17) is 21.1 Å². The molecule has 2 aliphatic heterocycles. The lowest BCUT2D eigenvalue weighted by Crippen LogP contribution is -2.54. The van der Waals surface area contributed by atoms with Crippen LogP contribution in [-0.2, 0) is 9.53 Å². The number of ether oxygens (including phenoxy) is 2. The fraction of sp³-hybridized carbons (Fsp3) is 0.524. The van der Waals surface area contributed by atoms with Crippen molar-refractivity contribution in [2.75, 3.05) is 42.6 Å². The van der Waals surface area contributed by atoms with Crippen molar-refractivity contribution in [2.24, 2.45) is 0 Å². The van der Waals surface area contributed by atoms with Crippen molar-refractivity contribution in [1.82, 2.24) is 4.90 Å². The number of carboxylic acids is 1. The second-order valence-electron chi connectivity index (χ2n) is 8.12. The topological polar surface area (TPSA) is 103 Å². The number of fused-ring (bicyclic) bond motifs is 1. The van der Waals surface area contributed by atoms with Gasteiger partial charge in [-0.2, -0.15) is 0 Å². The molecule has 32 heavy (non-hydrogen) atoms. The Bertz CT molecular complexity index is 969. The zero-order valence-corrected chi connectivity index (χ0v) is 18.5. The van der Waals surface area contributed by atoms with Crippen molar-refractivity contribution in [3.63, 3.8) is 0 Å². The van der Waals surface area contributed by atoms with Gasteiger partial charge in [-0.1, -0.05) is 11.6 Å². The minimum Gasteiger partial charge on any atom is -0.492 e. The van der Waals surface area contributed by atoms with Gasteiger partial charge < -0.3 is 34.4 Å². The Labute approximate surface area is 189 Å². The summed E-state index contributed by atoms with van der Waals surface area (Å²) in [6.45, 7) is 2.78.